The van der Waals surface area contributed by atoms with Gasteiger partial charge in [-0.05, 0) is 18.2 Å². The van der Waals surface area contributed by atoms with Gasteiger partial charge in [0, 0.05) is 12.1 Å². The molecule has 2 aromatic carbocycles. The molecule has 0 aliphatic carbocycles. The molecule has 0 radical (unpaired) electrons. The van der Waals surface area contributed by atoms with Gasteiger partial charge in [0.15, 0.2) is 23.1 Å². The Morgan fingerprint density at radius 2 is 1.53 bits per heavy atom. The van der Waals surface area contributed by atoms with Gasteiger partial charge >= 0.3 is 0 Å². The zero-order valence-electron chi connectivity index (χ0n) is 9.27. The number of hydrogen-bond donors (Lipinski definition) is 0. The maximum atomic E-state index is 13.5. The van der Waals surface area contributed by atoms with E-state index in [0.29, 0.717) is 12.1 Å². The second kappa shape index (κ2) is 4.97. The van der Waals surface area contributed by atoms with Crippen molar-refractivity contribution in [3.8, 4) is 11.5 Å². The number of halogens is 3. The summed E-state index contributed by atoms with van der Waals surface area (Å²) in [5.74, 6) is -3.59. The summed E-state index contributed by atoms with van der Waals surface area (Å²) >= 11 is 0. The third kappa shape index (κ3) is 2.82. The Bertz CT molecular complexity index is 646. The van der Waals surface area contributed by atoms with Crippen LogP contribution in [0.5, 0.6) is 11.5 Å². The Morgan fingerprint density at radius 1 is 0.947 bits per heavy atom. The molecule has 19 heavy (non-hydrogen) atoms. The molecule has 98 valence electrons. The number of rotatable bonds is 3. The maximum absolute atomic E-state index is 13.5. The zero-order valence-corrected chi connectivity index (χ0v) is 9.27. The van der Waals surface area contributed by atoms with Crippen molar-refractivity contribution in [2.45, 2.75) is 0 Å². The fourth-order valence-corrected chi connectivity index (χ4v) is 1.36. The highest BCUT2D eigenvalue weighted by Crippen LogP contribution is 2.29. The van der Waals surface area contributed by atoms with Crippen LogP contribution in [0.15, 0.2) is 36.4 Å². The van der Waals surface area contributed by atoms with Gasteiger partial charge < -0.3 is 4.74 Å². The second-order valence-corrected chi connectivity index (χ2v) is 3.55. The number of nitro groups is 1. The van der Waals surface area contributed by atoms with Crippen LogP contribution in [0.3, 0.4) is 0 Å². The van der Waals surface area contributed by atoms with Gasteiger partial charge in [-0.3, -0.25) is 10.1 Å². The summed E-state index contributed by atoms with van der Waals surface area (Å²) in [5, 5.41) is 10.4. The molecule has 0 amide bonds. The average molecular weight is 269 g/mol. The van der Waals surface area contributed by atoms with Gasteiger partial charge in [0.25, 0.3) is 5.69 Å². The predicted octanol–water partition coefficient (Wildman–Crippen LogP) is 3.80. The van der Waals surface area contributed by atoms with Crippen molar-refractivity contribution < 1.29 is 22.8 Å². The van der Waals surface area contributed by atoms with Crippen molar-refractivity contribution in [1.82, 2.24) is 0 Å². The molecule has 0 unspecified atom stereocenters. The SMILES string of the molecule is O=[N+]([O-])c1ccc(Oc2ccc(F)cc2F)c(F)c1. The molecule has 0 spiro atoms. The molecule has 2 aromatic rings. The highest BCUT2D eigenvalue weighted by Gasteiger charge is 2.14. The van der Waals surface area contributed by atoms with E-state index in [1.807, 2.05) is 0 Å². The molecule has 0 fully saturated rings. The van der Waals surface area contributed by atoms with Crippen molar-refractivity contribution in [2.75, 3.05) is 0 Å². The van der Waals surface area contributed by atoms with Crippen molar-refractivity contribution >= 4 is 5.69 Å². The molecule has 0 aliphatic heterocycles. The summed E-state index contributed by atoms with van der Waals surface area (Å²) in [4.78, 5) is 9.64. The standard InChI is InChI=1S/C12H6F3NO3/c13-7-1-3-11(9(14)5-7)19-12-4-2-8(16(17)18)6-10(12)15/h1-6H. The van der Waals surface area contributed by atoms with Crippen LogP contribution in [0.25, 0.3) is 0 Å². The number of hydrogen-bond acceptors (Lipinski definition) is 3. The summed E-state index contributed by atoms with van der Waals surface area (Å²) in [7, 11) is 0. The maximum Gasteiger partial charge on any atom is 0.272 e. The first-order valence-electron chi connectivity index (χ1n) is 5.04. The smallest absolute Gasteiger partial charge is 0.272 e. The lowest BCUT2D eigenvalue weighted by Gasteiger charge is -2.07. The zero-order chi connectivity index (χ0) is 14.0. The molecule has 2 rings (SSSR count). The van der Waals surface area contributed by atoms with Crippen LogP contribution in [0, 0.1) is 27.6 Å². The van der Waals surface area contributed by atoms with Gasteiger partial charge in [-0.2, -0.15) is 0 Å². The lowest BCUT2D eigenvalue weighted by molar-refractivity contribution is -0.385. The minimum atomic E-state index is -1.02. The fourth-order valence-electron chi connectivity index (χ4n) is 1.36. The molecule has 0 N–H and O–H groups in total. The first-order chi connectivity index (χ1) is 8.97. The first-order valence-corrected chi connectivity index (χ1v) is 5.04. The minimum absolute atomic E-state index is 0.380. The fraction of sp³-hybridized carbons (Fsp3) is 0. The Morgan fingerprint density at radius 3 is 2.05 bits per heavy atom. The van der Waals surface area contributed by atoms with Gasteiger partial charge in [-0.25, -0.2) is 13.2 Å². The monoisotopic (exact) mass is 269 g/mol. The number of non-ortho nitro benzene ring substituents is 1. The van der Waals surface area contributed by atoms with E-state index in [9.17, 15) is 23.3 Å². The Hall–Kier alpha value is -2.57. The number of benzene rings is 2. The second-order valence-electron chi connectivity index (χ2n) is 3.55. The van der Waals surface area contributed by atoms with Gasteiger partial charge in [-0.15, -0.1) is 0 Å². The topological polar surface area (TPSA) is 52.4 Å². The highest BCUT2D eigenvalue weighted by atomic mass is 19.1. The van der Waals surface area contributed by atoms with E-state index >= 15 is 0 Å². The molecule has 0 bridgehead atoms. The van der Waals surface area contributed by atoms with Crippen molar-refractivity contribution in [3.63, 3.8) is 0 Å². The van der Waals surface area contributed by atoms with Crippen LogP contribution in [-0.2, 0) is 0 Å². The number of nitrogens with zero attached hydrogens (tertiary/aromatic N) is 1. The van der Waals surface area contributed by atoms with Crippen LogP contribution >= 0.6 is 0 Å². The van der Waals surface area contributed by atoms with Gasteiger partial charge in [0.05, 0.1) is 11.0 Å². The normalized spacial score (nSPS) is 10.3. The summed E-state index contributed by atoms with van der Waals surface area (Å²) in [6.45, 7) is 0. The minimum Gasteiger partial charge on any atom is -0.451 e. The molecule has 0 atom stereocenters. The van der Waals surface area contributed by atoms with E-state index in [4.69, 9.17) is 4.74 Å². The van der Waals surface area contributed by atoms with E-state index < -0.39 is 33.8 Å². The molecule has 0 saturated heterocycles. The quantitative estimate of drug-likeness (QED) is 0.629. The van der Waals surface area contributed by atoms with Crippen LogP contribution in [0.1, 0.15) is 0 Å². The van der Waals surface area contributed by atoms with Crippen LogP contribution in [0.2, 0.25) is 0 Å². The molecule has 4 nitrogen and oxygen atoms in total. The van der Waals surface area contributed by atoms with Crippen LogP contribution in [-0.4, -0.2) is 4.92 Å². The lowest BCUT2D eigenvalue weighted by atomic mass is 10.3. The molecule has 0 aromatic heterocycles. The van der Waals surface area contributed by atoms with Crippen molar-refractivity contribution in [3.05, 3.63) is 64.0 Å². The van der Waals surface area contributed by atoms with Gasteiger partial charge in [-0.1, -0.05) is 0 Å². The molecule has 0 heterocycles. The van der Waals surface area contributed by atoms with Crippen LogP contribution < -0.4 is 4.74 Å². The Balaban J connectivity index is 2.31. The van der Waals surface area contributed by atoms with E-state index in [-0.39, 0.29) is 5.75 Å². The Labute approximate surface area is 105 Å². The summed E-state index contributed by atoms with van der Waals surface area (Å²) in [6, 6.07) is 5.18. The third-order valence-corrected chi connectivity index (χ3v) is 2.24. The van der Waals surface area contributed by atoms with E-state index in [1.54, 1.807) is 0 Å². The molecule has 0 saturated carbocycles. The molecular formula is C12H6F3NO3. The Kier molecular flexibility index (Phi) is 3.37. The average Bonchev–Trinajstić information content (AvgIpc) is 2.34. The van der Waals surface area contributed by atoms with Crippen molar-refractivity contribution in [2.24, 2.45) is 0 Å². The van der Waals surface area contributed by atoms with E-state index in [2.05, 4.69) is 0 Å². The van der Waals surface area contributed by atoms with Gasteiger partial charge in [0.2, 0.25) is 0 Å². The molecule has 0 aliphatic rings. The summed E-state index contributed by atoms with van der Waals surface area (Å²) < 4.78 is 44.3. The number of ether oxygens (including phenoxy) is 1. The molecule has 7 heteroatoms. The predicted molar refractivity (Wildman–Crippen MR) is 59.5 cm³/mol. The third-order valence-electron chi connectivity index (χ3n) is 2.24. The van der Waals surface area contributed by atoms with E-state index in [1.165, 1.54) is 0 Å². The van der Waals surface area contributed by atoms with Crippen molar-refractivity contribution in [1.29, 1.82) is 0 Å². The lowest BCUT2D eigenvalue weighted by Crippen LogP contribution is -1.94. The van der Waals surface area contributed by atoms with E-state index in [0.717, 1.165) is 24.3 Å². The van der Waals surface area contributed by atoms with Crippen LogP contribution in [0.4, 0.5) is 18.9 Å². The molecular weight excluding hydrogens is 263 g/mol. The van der Waals surface area contributed by atoms with Gasteiger partial charge in [0.1, 0.15) is 5.82 Å². The number of nitro benzene ring substituents is 1. The summed E-state index contributed by atoms with van der Waals surface area (Å²) in [5.41, 5.74) is -0.454. The first kappa shape index (κ1) is 12.9. The summed E-state index contributed by atoms with van der Waals surface area (Å²) in [6.07, 6.45) is 0. The highest BCUT2D eigenvalue weighted by molar-refractivity contribution is 5.40. The largest absolute Gasteiger partial charge is 0.451 e.